The molecule has 1 N–H and O–H groups in total. The van der Waals surface area contributed by atoms with E-state index in [0.29, 0.717) is 6.04 Å². The summed E-state index contributed by atoms with van der Waals surface area (Å²) in [6, 6.07) is 0.391. The third kappa shape index (κ3) is 3.31. The van der Waals surface area contributed by atoms with E-state index >= 15 is 0 Å². The quantitative estimate of drug-likeness (QED) is 0.739. The molecule has 1 aromatic rings. The Morgan fingerprint density at radius 2 is 2.19 bits per heavy atom. The lowest BCUT2D eigenvalue weighted by atomic mass is 10.3. The number of hydrogen-bond donors (Lipinski definition) is 1. The molecule has 0 aromatic carbocycles. The van der Waals surface area contributed by atoms with Crippen molar-refractivity contribution in [2.24, 2.45) is 0 Å². The zero-order valence-electron chi connectivity index (χ0n) is 10.3. The van der Waals surface area contributed by atoms with Crippen molar-refractivity contribution >= 4 is 5.82 Å². The van der Waals surface area contributed by atoms with Crippen LogP contribution in [0, 0.1) is 0 Å². The normalized spacial score (nSPS) is 10.5. The Balaban J connectivity index is 2.80. The highest BCUT2D eigenvalue weighted by molar-refractivity contribution is 5.37. The molecular weight excluding hydrogens is 200 g/mol. The standard InChI is InChI=1S/C12H20N4/c1-5-6-16(10(2)3)12-9-14-11(7-13-4)8-15-12/h5,8-10,13H,1,6-7H2,2-4H3. The van der Waals surface area contributed by atoms with Crippen LogP contribution in [0.1, 0.15) is 19.5 Å². The first-order chi connectivity index (χ1) is 7.69. The monoisotopic (exact) mass is 220 g/mol. The van der Waals surface area contributed by atoms with E-state index in [9.17, 15) is 0 Å². The summed E-state index contributed by atoms with van der Waals surface area (Å²) in [6.07, 6.45) is 5.50. The van der Waals surface area contributed by atoms with Crippen LogP contribution >= 0.6 is 0 Å². The van der Waals surface area contributed by atoms with Gasteiger partial charge in [0.1, 0.15) is 5.82 Å². The Kier molecular flexibility index (Phi) is 4.92. The zero-order valence-corrected chi connectivity index (χ0v) is 10.3. The van der Waals surface area contributed by atoms with Crippen molar-refractivity contribution in [2.45, 2.75) is 26.4 Å². The van der Waals surface area contributed by atoms with Gasteiger partial charge in [-0.05, 0) is 20.9 Å². The molecule has 1 heterocycles. The zero-order chi connectivity index (χ0) is 12.0. The summed E-state index contributed by atoms with van der Waals surface area (Å²) < 4.78 is 0. The van der Waals surface area contributed by atoms with Crippen LogP contribution in [0.2, 0.25) is 0 Å². The van der Waals surface area contributed by atoms with Gasteiger partial charge >= 0.3 is 0 Å². The molecule has 0 aliphatic carbocycles. The van der Waals surface area contributed by atoms with Crippen LogP contribution in [0.15, 0.2) is 25.0 Å². The van der Waals surface area contributed by atoms with Crippen LogP contribution in [0.25, 0.3) is 0 Å². The second kappa shape index (κ2) is 6.23. The van der Waals surface area contributed by atoms with E-state index in [-0.39, 0.29) is 0 Å². The first kappa shape index (κ1) is 12.6. The lowest BCUT2D eigenvalue weighted by Crippen LogP contribution is -2.31. The molecule has 0 saturated heterocycles. The van der Waals surface area contributed by atoms with Gasteiger partial charge in [-0.1, -0.05) is 6.08 Å². The Morgan fingerprint density at radius 1 is 1.44 bits per heavy atom. The predicted molar refractivity (Wildman–Crippen MR) is 67.5 cm³/mol. The number of rotatable bonds is 6. The molecular formula is C12H20N4. The highest BCUT2D eigenvalue weighted by Crippen LogP contribution is 2.12. The fourth-order valence-electron chi connectivity index (χ4n) is 1.48. The molecule has 0 unspecified atom stereocenters. The van der Waals surface area contributed by atoms with Gasteiger partial charge < -0.3 is 10.2 Å². The van der Waals surface area contributed by atoms with E-state index in [0.717, 1.165) is 24.6 Å². The molecule has 1 aromatic heterocycles. The van der Waals surface area contributed by atoms with Gasteiger partial charge in [-0.3, -0.25) is 4.98 Å². The molecule has 0 radical (unpaired) electrons. The molecule has 0 spiro atoms. The minimum absolute atomic E-state index is 0.391. The molecule has 0 amide bonds. The van der Waals surface area contributed by atoms with E-state index in [1.54, 1.807) is 0 Å². The molecule has 4 heteroatoms. The summed E-state index contributed by atoms with van der Waals surface area (Å²) in [5.41, 5.74) is 0.952. The Bertz CT molecular complexity index is 318. The Morgan fingerprint density at radius 3 is 2.62 bits per heavy atom. The van der Waals surface area contributed by atoms with E-state index in [1.165, 1.54) is 0 Å². The first-order valence-corrected chi connectivity index (χ1v) is 5.52. The topological polar surface area (TPSA) is 41.1 Å². The van der Waals surface area contributed by atoms with Gasteiger partial charge in [-0.25, -0.2) is 4.98 Å². The molecule has 0 aliphatic heterocycles. The number of nitrogens with one attached hydrogen (secondary N) is 1. The summed E-state index contributed by atoms with van der Waals surface area (Å²) in [4.78, 5) is 10.9. The third-order valence-corrected chi connectivity index (χ3v) is 2.29. The molecule has 88 valence electrons. The largest absolute Gasteiger partial charge is 0.349 e. The maximum absolute atomic E-state index is 4.41. The molecule has 4 nitrogen and oxygen atoms in total. The van der Waals surface area contributed by atoms with Gasteiger partial charge in [0.2, 0.25) is 0 Å². The van der Waals surface area contributed by atoms with E-state index in [2.05, 4.69) is 40.6 Å². The van der Waals surface area contributed by atoms with Gasteiger partial charge in [0.25, 0.3) is 0 Å². The van der Waals surface area contributed by atoms with E-state index in [1.807, 2.05) is 25.5 Å². The molecule has 1 rings (SSSR count). The Labute approximate surface area is 97.4 Å². The van der Waals surface area contributed by atoms with E-state index in [4.69, 9.17) is 0 Å². The molecule has 0 atom stereocenters. The van der Waals surface area contributed by atoms with Crippen LogP contribution in [-0.2, 0) is 6.54 Å². The first-order valence-electron chi connectivity index (χ1n) is 5.52. The number of nitrogens with zero attached hydrogens (tertiary/aromatic N) is 3. The minimum Gasteiger partial charge on any atom is -0.349 e. The second-order valence-electron chi connectivity index (χ2n) is 3.93. The maximum atomic E-state index is 4.41. The van der Waals surface area contributed by atoms with Gasteiger partial charge in [-0.2, -0.15) is 0 Å². The van der Waals surface area contributed by atoms with Crippen LogP contribution in [-0.4, -0.2) is 29.6 Å². The molecule has 0 bridgehead atoms. The maximum Gasteiger partial charge on any atom is 0.147 e. The van der Waals surface area contributed by atoms with Gasteiger partial charge in [-0.15, -0.1) is 6.58 Å². The summed E-state index contributed by atoms with van der Waals surface area (Å²) in [6.45, 7) is 9.55. The average molecular weight is 220 g/mol. The summed E-state index contributed by atoms with van der Waals surface area (Å²) in [5.74, 6) is 0.898. The van der Waals surface area contributed by atoms with Crippen molar-refractivity contribution in [3.8, 4) is 0 Å². The second-order valence-corrected chi connectivity index (χ2v) is 3.93. The molecule has 0 saturated carbocycles. The van der Waals surface area contributed by atoms with Gasteiger partial charge in [0, 0.05) is 19.1 Å². The van der Waals surface area contributed by atoms with Crippen molar-refractivity contribution in [3.05, 3.63) is 30.7 Å². The smallest absolute Gasteiger partial charge is 0.147 e. The predicted octanol–water partition coefficient (Wildman–Crippen LogP) is 1.60. The fourth-order valence-corrected chi connectivity index (χ4v) is 1.48. The lowest BCUT2D eigenvalue weighted by molar-refractivity contribution is 0.705. The van der Waals surface area contributed by atoms with Crippen molar-refractivity contribution in [2.75, 3.05) is 18.5 Å². The lowest BCUT2D eigenvalue weighted by Gasteiger charge is -2.26. The van der Waals surface area contributed by atoms with E-state index < -0.39 is 0 Å². The summed E-state index contributed by atoms with van der Waals surface area (Å²) in [7, 11) is 1.90. The van der Waals surface area contributed by atoms with Crippen LogP contribution in [0.5, 0.6) is 0 Å². The number of hydrogen-bond acceptors (Lipinski definition) is 4. The fraction of sp³-hybridized carbons (Fsp3) is 0.500. The van der Waals surface area contributed by atoms with Crippen LogP contribution < -0.4 is 10.2 Å². The van der Waals surface area contributed by atoms with Gasteiger partial charge in [0.05, 0.1) is 18.1 Å². The highest BCUT2D eigenvalue weighted by Gasteiger charge is 2.10. The highest BCUT2D eigenvalue weighted by atomic mass is 15.2. The third-order valence-electron chi connectivity index (χ3n) is 2.29. The number of anilines is 1. The van der Waals surface area contributed by atoms with Crippen LogP contribution in [0.4, 0.5) is 5.82 Å². The van der Waals surface area contributed by atoms with Crippen molar-refractivity contribution in [3.63, 3.8) is 0 Å². The van der Waals surface area contributed by atoms with Crippen molar-refractivity contribution < 1.29 is 0 Å². The average Bonchev–Trinajstić information content (AvgIpc) is 2.27. The summed E-state index contributed by atoms with van der Waals surface area (Å²) in [5, 5.41) is 3.05. The SMILES string of the molecule is C=CCN(c1cnc(CNC)cn1)C(C)C. The van der Waals surface area contributed by atoms with Gasteiger partial charge in [0.15, 0.2) is 0 Å². The molecule has 0 aliphatic rings. The minimum atomic E-state index is 0.391. The number of aromatic nitrogens is 2. The molecule has 16 heavy (non-hydrogen) atoms. The molecule has 0 fully saturated rings. The van der Waals surface area contributed by atoms with Crippen molar-refractivity contribution in [1.29, 1.82) is 0 Å². The van der Waals surface area contributed by atoms with Crippen molar-refractivity contribution in [1.82, 2.24) is 15.3 Å². The van der Waals surface area contributed by atoms with Crippen LogP contribution in [0.3, 0.4) is 0 Å². The Hall–Kier alpha value is -1.42. The summed E-state index contributed by atoms with van der Waals surface area (Å²) >= 11 is 0.